The lowest BCUT2D eigenvalue weighted by molar-refractivity contribution is -0.120. The molecule has 0 N–H and O–H groups in total. The first-order valence-electron chi connectivity index (χ1n) is 13.4. The summed E-state index contributed by atoms with van der Waals surface area (Å²) in [7, 11) is 0. The molecule has 4 unspecified atom stereocenters. The maximum Gasteiger partial charge on any atom is 0.137 e. The molecule has 37 heavy (non-hydrogen) atoms. The summed E-state index contributed by atoms with van der Waals surface area (Å²) in [6.45, 7) is 6.32. The summed E-state index contributed by atoms with van der Waals surface area (Å²) < 4.78 is 0. The average Bonchev–Trinajstić information content (AvgIpc) is 2.95. The van der Waals surface area contributed by atoms with Crippen LogP contribution in [0.15, 0.2) is 91.4 Å². The van der Waals surface area contributed by atoms with Crippen molar-refractivity contribution in [2.24, 2.45) is 11.8 Å². The van der Waals surface area contributed by atoms with Gasteiger partial charge in [0.15, 0.2) is 0 Å². The summed E-state index contributed by atoms with van der Waals surface area (Å²) in [6.07, 6.45) is 7.37. The molecule has 3 nitrogen and oxygen atoms in total. The lowest BCUT2D eigenvalue weighted by atomic mass is 9.63. The monoisotopic (exact) mass is 484 g/mol. The predicted octanol–water partition coefficient (Wildman–Crippen LogP) is 8.32. The summed E-state index contributed by atoms with van der Waals surface area (Å²) in [6, 6.07) is 26.1. The summed E-state index contributed by atoms with van der Waals surface area (Å²) >= 11 is 0. The summed E-state index contributed by atoms with van der Waals surface area (Å²) in [5.41, 5.74) is 5.81. The number of hydrogen-bond acceptors (Lipinski definition) is 3. The van der Waals surface area contributed by atoms with Gasteiger partial charge in [0.1, 0.15) is 5.78 Å². The Kier molecular flexibility index (Phi) is 6.08. The number of carbonyl (C=O) groups excluding carboxylic acids is 1. The van der Waals surface area contributed by atoms with Gasteiger partial charge in [-0.25, -0.2) is 0 Å². The van der Waals surface area contributed by atoms with Crippen molar-refractivity contribution < 1.29 is 4.79 Å². The molecule has 5 aromatic rings. The molecule has 0 amide bonds. The Morgan fingerprint density at radius 1 is 0.919 bits per heavy atom. The van der Waals surface area contributed by atoms with Crippen LogP contribution in [0.1, 0.15) is 62.3 Å². The highest BCUT2D eigenvalue weighted by atomic mass is 16.1. The van der Waals surface area contributed by atoms with E-state index in [1.165, 1.54) is 43.8 Å². The molecule has 0 fully saturated rings. The van der Waals surface area contributed by atoms with Crippen LogP contribution in [0.25, 0.3) is 32.7 Å². The van der Waals surface area contributed by atoms with E-state index >= 15 is 0 Å². The Morgan fingerprint density at radius 2 is 1.65 bits per heavy atom. The Balaban J connectivity index is 1.73. The van der Waals surface area contributed by atoms with Gasteiger partial charge in [-0.15, -0.1) is 0 Å². The minimum Gasteiger partial charge on any atom is -0.299 e. The molecule has 0 bridgehead atoms. The highest BCUT2D eigenvalue weighted by molar-refractivity contribution is 6.15. The number of nitrogens with zero attached hydrogens (tertiary/aromatic N) is 2. The van der Waals surface area contributed by atoms with E-state index in [4.69, 9.17) is 4.98 Å². The van der Waals surface area contributed by atoms with Gasteiger partial charge in [0.25, 0.3) is 0 Å². The number of Topliss-reactive ketones (excluding diaryl/α,β-unsaturated/α-hetero) is 1. The third kappa shape index (κ3) is 3.94. The van der Waals surface area contributed by atoms with Gasteiger partial charge in [-0.3, -0.25) is 14.8 Å². The third-order valence-corrected chi connectivity index (χ3v) is 8.58. The fourth-order valence-corrected chi connectivity index (χ4v) is 6.61. The van der Waals surface area contributed by atoms with Gasteiger partial charge in [-0.1, -0.05) is 87.0 Å². The van der Waals surface area contributed by atoms with Crippen LogP contribution in [0.4, 0.5) is 0 Å². The smallest absolute Gasteiger partial charge is 0.137 e. The zero-order chi connectivity index (χ0) is 25.5. The lowest BCUT2D eigenvalue weighted by Crippen LogP contribution is -2.33. The second-order valence-corrected chi connectivity index (χ2v) is 10.6. The third-order valence-electron chi connectivity index (χ3n) is 8.58. The number of ketones is 1. The van der Waals surface area contributed by atoms with E-state index in [0.717, 1.165) is 18.5 Å². The standard InChI is InChI=1S/C34H32N2O/c1-4-21(2)28-18-30(32-20-35-16-17-36-32)27-15-14-26-24-12-8-9-13-25(24)29(23-10-6-5-7-11-23)19-31(26)34(27)33(28)22(3)37/h5-17,19-21,28,30,33H,4,18H2,1-3H3. The van der Waals surface area contributed by atoms with E-state index in [1.807, 2.05) is 6.20 Å². The SMILES string of the molecule is CCC(C)C1CC(c2cnccn2)c2ccc3c(cc(-c4ccccc4)c4ccccc43)c2C1C(C)=O. The van der Waals surface area contributed by atoms with Crippen LogP contribution < -0.4 is 0 Å². The molecule has 3 heteroatoms. The van der Waals surface area contributed by atoms with E-state index in [-0.39, 0.29) is 23.5 Å². The van der Waals surface area contributed by atoms with Crippen molar-refractivity contribution >= 4 is 27.3 Å². The molecule has 0 spiro atoms. The Morgan fingerprint density at radius 3 is 2.35 bits per heavy atom. The molecule has 0 aliphatic heterocycles. The Bertz CT molecular complexity index is 1590. The van der Waals surface area contributed by atoms with E-state index in [9.17, 15) is 4.79 Å². The van der Waals surface area contributed by atoms with Gasteiger partial charge in [-0.2, -0.15) is 0 Å². The van der Waals surface area contributed by atoms with Crippen molar-refractivity contribution in [3.05, 3.63) is 108 Å². The van der Waals surface area contributed by atoms with E-state index in [2.05, 4.69) is 91.6 Å². The zero-order valence-electron chi connectivity index (χ0n) is 21.7. The van der Waals surface area contributed by atoms with Gasteiger partial charge in [0.2, 0.25) is 0 Å². The predicted molar refractivity (Wildman–Crippen MR) is 152 cm³/mol. The number of carbonyl (C=O) groups is 1. The summed E-state index contributed by atoms with van der Waals surface area (Å²) in [5.74, 6) is 0.913. The summed E-state index contributed by atoms with van der Waals surface area (Å²) in [4.78, 5) is 22.6. The van der Waals surface area contributed by atoms with Crippen LogP contribution in [0, 0.1) is 11.8 Å². The molecule has 1 aliphatic carbocycles. The molecule has 1 aliphatic rings. The molecule has 184 valence electrons. The van der Waals surface area contributed by atoms with Crippen molar-refractivity contribution in [2.45, 2.75) is 45.4 Å². The number of hydrogen-bond donors (Lipinski definition) is 0. The number of aromatic nitrogens is 2. The normalized spacial score (nSPS) is 20.0. The first kappa shape index (κ1) is 23.5. The second-order valence-electron chi connectivity index (χ2n) is 10.6. The molecule has 4 aromatic carbocycles. The number of benzene rings is 4. The van der Waals surface area contributed by atoms with Crippen LogP contribution in [0.3, 0.4) is 0 Å². The van der Waals surface area contributed by atoms with Gasteiger partial charge in [0.05, 0.1) is 5.69 Å². The molecule has 0 saturated heterocycles. The molecule has 1 heterocycles. The first-order valence-corrected chi connectivity index (χ1v) is 13.4. The molecular weight excluding hydrogens is 452 g/mol. The van der Waals surface area contributed by atoms with Crippen molar-refractivity contribution in [3.63, 3.8) is 0 Å². The van der Waals surface area contributed by atoms with Crippen LogP contribution in [-0.2, 0) is 4.79 Å². The van der Waals surface area contributed by atoms with Gasteiger partial charge in [-0.05, 0) is 75.0 Å². The maximum atomic E-state index is 13.5. The summed E-state index contributed by atoms with van der Waals surface area (Å²) in [5, 5.41) is 4.87. The second kappa shape index (κ2) is 9.55. The molecule has 4 atom stereocenters. The van der Waals surface area contributed by atoms with Gasteiger partial charge in [0, 0.05) is 30.4 Å². The van der Waals surface area contributed by atoms with E-state index in [1.54, 1.807) is 19.3 Å². The topological polar surface area (TPSA) is 42.9 Å². The van der Waals surface area contributed by atoms with E-state index in [0.29, 0.717) is 5.92 Å². The molecular formula is C34H32N2O. The highest BCUT2D eigenvalue weighted by Crippen LogP contribution is 2.52. The fourth-order valence-electron chi connectivity index (χ4n) is 6.61. The van der Waals surface area contributed by atoms with Crippen LogP contribution in [0.5, 0.6) is 0 Å². The minimum atomic E-state index is -0.133. The molecule has 0 radical (unpaired) electrons. The van der Waals surface area contributed by atoms with Gasteiger partial charge >= 0.3 is 0 Å². The van der Waals surface area contributed by atoms with Crippen LogP contribution in [0.2, 0.25) is 0 Å². The van der Waals surface area contributed by atoms with E-state index < -0.39 is 0 Å². The molecule has 0 saturated carbocycles. The van der Waals surface area contributed by atoms with Crippen molar-refractivity contribution in [3.8, 4) is 11.1 Å². The van der Waals surface area contributed by atoms with Crippen molar-refractivity contribution in [2.75, 3.05) is 0 Å². The van der Waals surface area contributed by atoms with Crippen molar-refractivity contribution in [1.82, 2.24) is 9.97 Å². The Labute approximate surface area is 218 Å². The van der Waals surface area contributed by atoms with Gasteiger partial charge < -0.3 is 0 Å². The average molecular weight is 485 g/mol. The molecule has 6 rings (SSSR count). The van der Waals surface area contributed by atoms with Crippen LogP contribution in [-0.4, -0.2) is 15.8 Å². The number of rotatable bonds is 5. The quantitative estimate of drug-likeness (QED) is 0.236. The van der Waals surface area contributed by atoms with Crippen LogP contribution >= 0.6 is 0 Å². The maximum absolute atomic E-state index is 13.5. The fraction of sp³-hybridized carbons (Fsp3) is 0.265. The minimum absolute atomic E-state index is 0.120. The number of fused-ring (bicyclic) bond motifs is 5. The van der Waals surface area contributed by atoms with Crippen molar-refractivity contribution in [1.29, 1.82) is 0 Å². The largest absolute Gasteiger partial charge is 0.299 e. The Hall–Kier alpha value is -3.85. The molecule has 1 aromatic heterocycles. The first-order chi connectivity index (χ1) is 18.1. The highest BCUT2D eigenvalue weighted by Gasteiger charge is 2.41. The lowest BCUT2D eigenvalue weighted by Gasteiger charge is -2.40. The zero-order valence-corrected chi connectivity index (χ0v) is 21.7.